The second-order valence-corrected chi connectivity index (χ2v) is 3.98. The van der Waals surface area contributed by atoms with Crippen LogP contribution in [0.1, 0.15) is 25.2 Å². The van der Waals surface area contributed by atoms with E-state index in [0.717, 1.165) is 24.2 Å². The second kappa shape index (κ2) is 5.08. The Morgan fingerprint density at radius 3 is 1.86 bits per heavy atom. The molecule has 2 unspecified atom stereocenters. The fraction of sp³-hybridized carbons (Fsp3) is 0.545. The van der Waals surface area contributed by atoms with Crippen LogP contribution >= 0.6 is 0 Å². The molecule has 4 N–H and O–H groups in total. The van der Waals surface area contributed by atoms with Crippen LogP contribution in [-0.2, 0) is 12.8 Å². The van der Waals surface area contributed by atoms with Gasteiger partial charge in [-0.25, -0.2) is 0 Å². The minimum Gasteiger partial charge on any atom is -0.328 e. The molecule has 0 saturated carbocycles. The first kappa shape index (κ1) is 11.1. The predicted molar refractivity (Wildman–Crippen MR) is 58.9 cm³/mol. The standard InChI is InChI=1S/C11H19N3/c1-8(12)6-10-4-3-5-11(14-10)7-9(2)13/h3-5,8-9H,6-7,12-13H2,1-2H3. The van der Waals surface area contributed by atoms with Gasteiger partial charge in [0.15, 0.2) is 0 Å². The summed E-state index contributed by atoms with van der Waals surface area (Å²) < 4.78 is 0. The van der Waals surface area contributed by atoms with E-state index >= 15 is 0 Å². The van der Waals surface area contributed by atoms with E-state index in [0.29, 0.717) is 0 Å². The molecule has 0 spiro atoms. The van der Waals surface area contributed by atoms with E-state index in [1.54, 1.807) is 0 Å². The van der Waals surface area contributed by atoms with Crippen molar-refractivity contribution in [3.63, 3.8) is 0 Å². The van der Waals surface area contributed by atoms with Gasteiger partial charge < -0.3 is 11.5 Å². The Morgan fingerprint density at radius 1 is 1.07 bits per heavy atom. The van der Waals surface area contributed by atoms with Crippen molar-refractivity contribution in [2.75, 3.05) is 0 Å². The molecule has 0 bridgehead atoms. The monoisotopic (exact) mass is 193 g/mol. The Morgan fingerprint density at radius 2 is 1.50 bits per heavy atom. The van der Waals surface area contributed by atoms with Gasteiger partial charge in [-0.2, -0.15) is 0 Å². The molecule has 3 heteroatoms. The highest BCUT2D eigenvalue weighted by molar-refractivity contribution is 5.12. The van der Waals surface area contributed by atoms with Crippen molar-refractivity contribution in [1.29, 1.82) is 0 Å². The lowest BCUT2D eigenvalue weighted by atomic mass is 10.1. The number of hydrogen-bond acceptors (Lipinski definition) is 3. The molecule has 14 heavy (non-hydrogen) atoms. The van der Waals surface area contributed by atoms with Crippen molar-refractivity contribution in [2.45, 2.75) is 38.8 Å². The highest BCUT2D eigenvalue weighted by atomic mass is 14.7. The minimum absolute atomic E-state index is 0.160. The third-order valence-corrected chi connectivity index (χ3v) is 1.93. The molecule has 78 valence electrons. The van der Waals surface area contributed by atoms with Gasteiger partial charge in [0.1, 0.15) is 0 Å². The SMILES string of the molecule is CC(N)Cc1cccc(CC(C)N)n1. The zero-order valence-corrected chi connectivity index (χ0v) is 8.90. The average molecular weight is 193 g/mol. The molecule has 2 atom stereocenters. The topological polar surface area (TPSA) is 64.9 Å². The van der Waals surface area contributed by atoms with Gasteiger partial charge in [0, 0.05) is 36.3 Å². The van der Waals surface area contributed by atoms with Crippen LogP contribution in [0.5, 0.6) is 0 Å². The van der Waals surface area contributed by atoms with Gasteiger partial charge >= 0.3 is 0 Å². The molecule has 0 aliphatic carbocycles. The van der Waals surface area contributed by atoms with Crippen molar-refractivity contribution < 1.29 is 0 Å². The van der Waals surface area contributed by atoms with Crippen molar-refractivity contribution in [1.82, 2.24) is 4.98 Å². The summed E-state index contributed by atoms with van der Waals surface area (Å²) in [5, 5.41) is 0. The molecule has 0 aliphatic rings. The maximum Gasteiger partial charge on any atom is 0.0422 e. The van der Waals surface area contributed by atoms with E-state index in [1.165, 1.54) is 0 Å². The summed E-state index contributed by atoms with van der Waals surface area (Å²) in [7, 11) is 0. The van der Waals surface area contributed by atoms with Crippen LogP contribution in [0.15, 0.2) is 18.2 Å². The predicted octanol–water partition coefficient (Wildman–Crippen LogP) is 0.861. The quantitative estimate of drug-likeness (QED) is 0.745. The molecule has 1 aromatic heterocycles. The zero-order valence-electron chi connectivity index (χ0n) is 8.90. The maximum absolute atomic E-state index is 5.71. The molecule has 0 amide bonds. The summed E-state index contributed by atoms with van der Waals surface area (Å²) in [4.78, 5) is 4.49. The first-order chi connectivity index (χ1) is 6.58. The molecule has 0 saturated heterocycles. The number of hydrogen-bond donors (Lipinski definition) is 2. The number of pyridine rings is 1. The zero-order chi connectivity index (χ0) is 10.6. The molecule has 0 fully saturated rings. The van der Waals surface area contributed by atoms with E-state index in [2.05, 4.69) is 4.98 Å². The van der Waals surface area contributed by atoms with Crippen LogP contribution in [-0.4, -0.2) is 17.1 Å². The Bertz CT molecular complexity index is 256. The van der Waals surface area contributed by atoms with E-state index in [1.807, 2.05) is 32.0 Å². The highest BCUT2D eigenvalue weighted by Gasteiger charge is 2.02. The van der Waals surface area contributed by atoms with Gasteiger partial charge in [-0.1, -0.05) is 6.07 Å². The second-order valence-electron chi connectivity index (χ2n) is 3.98. The van der Waals surface area contributed by atoms with Crippen LogP contribution in [0.2, 0.25) is 0 Å². The molecule has 0 radical (unpaired) electrons. The van der Waals surface area contributed by atoms with Crippen molar-refractivity contribution in [3.8, 4) is 0 Å². The summed E-state index contributed by atoms with van der Waals surface area (Å²) >= 11 is 0. The fourth-order valence-electron chi connectivity index (χ4n) is 1.42. The molecular formula is C11H19N3. The summed E-state index contributed by atoms with van der Waals surface area (Å²) in [5.74, 6) is 0. The number of nitrogens with zero attached hydrogens (tertiary/aromatic N) is 1. The van der Waals surface area contributed by atoms with Crippen LogP contribution in [0.3, 0.4) is 0 Å². The molecule has 1 heterocycles. The number of nitrogens with two attached hydrogens (primary N) is 2. The summed E-state index contributed by atoms with van der Waals surface area (Å²) in [6.07, 6.45) is 1.65. The van der Waals surface area contributed by atoms with Crippen LogP contribution in [0.4, 0.5) is 0 Å². The molecule has 3 nitrogen and oxygen atoms in total. The van der Waals surface area contributed by atoms with Gasteiger partial charge in [0.25, 0.3) is 0 Å². The molecule has 0 aliphatic heterocycles. The first-order valence-corrected chi connectivity index (χ1v) is 5.04. The van der Waals surface area contributed by atoms with E-state index in [-0.39, 0.29) is 12.1 Å². The normalized spacial score (nSPS) is 15.1. The smallest absolute Gasteiger partial charge is 0.0422 e. The molecule has 1 aromatic rings. The maximum atomic E-state index is 5.71. The average Bonchev–Trinajstić information content (AvgIpc) is 2.01. The summed E-state index contributed by atoms with van der Waals surface area (Å²) in [6, 6.07) is 6.35. The fourth-order valence-corrected chi connectivity index (χ4v) is 1.42. The number of rotatable bonds is 4. The Labute approximate surface area is 85.5 Å². The third kappa shape index (κ3) is 3.85. The van der Waals surface area contributed by atoms with Crippen LogP contribution < -0.4 is 11.5 Å². The lowest BCUT2D eigenvalue weighted by molar-refractivity contribution is 0.695. The van der Waals surface area contributed by atoms with Gasteiger partial charge in [0.2, 0.25) is 0 Å². The summed E-state index contributed by atoms with van der Waals surface area (Å²) in [6.45, 7) is 3.97. The highest BCUT2D eigenvalue weighted by Crippen LogP contribution is 2.03. The summed E-state index contributed by atoms with van der Waals surface area (Å²) in [5.41, 5.74) is 13.5. The third-order valence-electron chi connectivity index (χ3n) is 1.93. The largest absolute Gasteiger partial charge is 0.328 e. The van der Waals surface area contributed by atoms with Gasteiger partial charge in [-0.05, 0) is 26.0 Å². The lowest BCUT2D eigenvalue weighted by Gasteiger charge is -2.08. The van der Waals surface area contributed by atoms with Gasteiger partial charge in [-0.15, -0.1) is 0 Å². The van der Waals surface area contributed by atoms with Gasteiger partial charge in [0.05, 0.1) is 0 Å². The van der Waals surface area contributed by atoms with Crippen molar-refractivity contribution in [3.05, 3.63) is 29.6 Å². The Hall–Kier alpha value is -0.930. The number of aromatic nitrogens is 1. The van der Waals surface area contributed by atoms with E-state index in [4.69, 9.17) is 11.5 Å². The van der Waals surface area contributed by atoms with Crippen molar-refractivity contribution in [2.24, 2.45) is 11.5 Å². The molecule has 1 rings (SSSR count). The lowest BCUT2D eigenvalue weighted by Crippen LogP contribution is -2.20. The first-order valence-electron chi connectivity index (χ1n) is 5.04. The van der Waals surface area contributed by atoms with E-state index < -0.39 is 0 Å². The van der Waals surface area contributed by atoms with Gasteiger partial charge in [-0.3, -0.25) is 4.98 Å². The van der Waals surface area contributed by atoms with Crippen LogP contribution in [0.25, 0.3) is 0 Å². The van der Waals surface area contributed by atoms with E-state index in [9.17, 15) is 0 Å². The minimum atomic E-state index is 0.160. The Kier molecular flexibility index (Phi) is 4.04. The van der Waals surface area contributed by atoms with Crippen LogP contribution in [0, 0.1) is 0 Å². The van der Waals surface area contributed by atoms with Crippen molar-refractivity contribution >= 4 is 0 Å². The Balaban J connectivity index is 2.68. The molecule has 0 aromatic carbocycles. The molecular weight excluding hydrogens is 174 g/mol.